The van der Waals surface area contributed by atoms with E-state index in [0.717, 1.165) is 32.1 Å². The number of anilines is 2. The Bertz CT molecular complexity index is 1230. The van der Waals surface area contributed by atoms with Crippen molar-refractivity contribution >= 4 is 27.3 Å². The Morgan fingerprint density at radius 3 is 2.35 bits per heavy atom. The lowest BCUT2D eigenvalue weighted by atomic mass is 10.1. The lowest BCUT2D eigenvalue weighted by molar-refractivity contribution is -0.120. The van der Waals surface area contributed by atoms with Crippen molar-refractivity contribution in [1.29, 1.82) is 0 Å². The summed E-state index contributed by atoms with van der Waals surface area (Å²) in [6.45, 7) is 2.60. The van der Waals surface area contributed by atoms with Gasteiger partial charge in [-0.3, -0.25) is 9.52 Å². The molecule has 4 N–H and O–H groups in total. The summed E-state index contributed by atoms with van der Waals surface area (Å²) in [5, 5.41) is 6.85. The van der Waals surface area contributed by atoms with E-state index in [-0.39, 0.29) is 16.2 Å². The van der Waals surface area contributed by atoms with Crippen LogP contribution in [0, 0.1) is 5.41 Å². The maximum Gasteiger partial charge on any atom is 0.261 e. The largest absolute Gasteiger partial charge is 0.339 e. The van der Waals surface area contributed by atoms with Gasteiger partial charge in [0.25, 0.3) is 10.0 Å². The summed E-state index contributed by atoms with van der Waals surface area (Å²) in [5.74, 6) is 0.959. The average Bonchev–Trinajstić information content (AvgIpc) is 3.41. The van der Waals surface area contributed by atoms with Crippen molar-refractivity contribution in [2.75, 3.05) is 16.6 Å². The SMILES string of the molecule is CC1(C(=O)Nc2ccc(NS(=O)(=O)c3ccc(-c4noc(CCCCCN)n4)cc3)cc2)CC1. The van der Waals surface area contributed by atoms with Crippen LogP contribution in [0.3, 0.4) is 0 Å². The molecular weight excluding hydrogens is 454 g/mol. The van der Waals surface area contributed by atoms with Crippen LogP contribution in [0.4, 0.5) is 11.4 Å². The van der Waals surface area contributed by atoms with Gasteiger partial charge in [0.05, 0.1) is 4.90 Å². The number of nitrogens with zero attached hydrogens (tertiary/aromatic N) is 2. The fraction of sp³-hybridized carbons (Fsp3) is 0.375. The van der Waals surface area contributed by atoms with Crippen molar-refractivity contribution in [3.8, 4) is 11.4 Å². The molecule has 0 spiro atoms. The van der Waals surface area contributed by atoms with Gasteiger partial charge < -0.3 is 15.6 Å². The minimum Gasteiger partial charge on any atom is -0.339 e. The second-order valence-corrected chi connectivity index (χ2v) is 10.5. The zero-order chi connectivity index (χ0) is 24.2. The van der Waals surface area contributed by atoms with Gasteiger partial charge in [0, 0.05) is 28.8 Å². The van der Waals surface area contributed by atoms with E-state index in [0.29, 0.717) is 41.6 Å². The number of carbonyl (C=O) groups excluding carboxylic acids is 1. The van der Waals surface area contributed by atoms with Crippen molar-refractivity contribution in [2.45, 2.75) is 50.3 Å². The second kappa shape index (κ2) is 9.94. The third kappa shape index (κ3) is 5.81. The summed E-state index contributed by atoms with van der Waals surface area (Å²) in [6, 6.07) is 12.9. The number of sulfonamides is 1. The van der Waals surface area contributed by atoms with Crippen molar-refractivity contribution in [1.82, 2.24) is 10.1 Å². The molecule has 0 saturated heterocycles. The van der Waals surface area contributed by atoms with E-state index in [1.807, 2.05) is 6.92 Å². The van der Waals surface area contributed by atoms with Gasteiger partial charge in [0.15, 0.2) is 0 Å². The molecule has 0 bridgehead atoms. The third-order valence-electron chi connectivity index (χ3n) is 5.93. The first kappa shape index (κ1) is 23.9. The molecule has 10 heteroatoms. The Morgan fingerprint density at radius 2 is 1.71 bits per heavy atom. The maximum atomic E-state index is 12.8. The molecule has 1 amide bonds. The first-order chi connectivity index (χ1) is 16.3. The Morgan fingerprint density at radius 1 is 1.03 bits per heavy atom. The molecular formula is C24H29N5O4S. The highest BCUT2D eigenvalue weighted by atomic mass is 32.2. The Labute approximate surface area is 199 Å². The van der Waals surface area contributed by atoms with Crippen LogP contribution in [0.2, 0.25) is 0 Å². The summed E-state index contributed by atoms with van der Waals surface area (Å²) in [4.78, 5) is 16.6. The minimum absolute atomic E-state index is 0.0127. The van der Waals surface area contributed by atoms with Crippen LogP contribution in [0.1, 0.15) is 44.9 Å². The Balaban J connectivity index is 1.36. The third-order valence-corrected chi connectivity index (χ3v) is 7.33. The Hall–Kier alpha value is -3.24. The van der Waals surface area contributed by atoms with E-state index in [2.05, 4.69) is 20.2 Å². The molecule has 0 unspecified atom stereocenters. The number of aromatic nitrogens is 2. The van der Waals surface area contributed by atoms with Gasteiger partial charge in [0.1, 0.15) is 0 Å². The smallest absolute Gasteiger partial charge is 0.261 e. The van der Waals surface area contributed by atoms with Crippen molar-refractivity contribution in [3.05, 3.63) is 54.4 Å². The summed E-state index contributed by atoms with van der Waals surface area (Å²) in [5.41, 5.74) is 6.92. The van der Waals surface area contributed by atoms with Crippen LogP contribution in [0.15, 0.2) is 57.9 Å². The first-order valence-corrected chi connectivity index (χ1v) is 12.8. The van der Waals surface area contributed by atoms with Gasteiger partial charge in [-0.2, -0.15) is 4.98 Å². The number of carbonyl (C=O) groups is 1. The lowest BCUT2D eigenvalue weighted by Gasteiger charge is -2.12. The van der Waals surface area contributed by atoms with E-state index in [4.69, 9.17) is 10.3 Å². The lowest BCUT2D eigenvalue weighted by Crippen LogP contribution is -2.21. The highest BCUT2D eigenvalue weighted by Gasteiger charge is 2.44. The summed E-state index contributed by atoms with van der Waals surface area (Å²) in [6.07, 6.45) is 5.35. The molecule has 180 valence electrons. The molecule has 1 heterocycles. The topological polar surface area (TPSA) is 140 Å². The van der Waals surface area contributed by atoms with Crippen LogP contribution < -0.4 is 15.8 Å². The van der Waals surface area contributed by atoms with Gasteiger partial charge in [-0.15, -0.1) is 0 Å². The maximum absolute atomic E-state index is 12.8. The summed E-state index contributed by atoms with van der Waals surface area (Å²) < 4.78 is 33.4. The summed E-state index contributed by atoms with van der Waals surface area (Å²) >= 11 is 0. The predicted molar refractivity (Wildman–Crippen MR) is 130 cm³/mol. The van der Waals surface area contributed by atoms with E-state index in [1.165, 1.54) is 12.1 Å². The highest BCUT2D eigenvalue weighted by Crippen LogP contribution is 2.45. The molecule has 0 radical (unpaired) electrons. The molecule has 1 fully saturated rings. The van der Waals surface area contributed by atoms with Crippen molar-refractivity contribution < 1.29 is 17.7 Å². The molecule has 0 aliphatic heterocycles. The highest BCUT2D eigenvalue weighted by molar-refractivity contribution is 7.92. The average molecular weight is 484 g/mol. The van der Waals surface area contributed by atoms with Crippen LogP contribution in [-0.4, -0.2) is 31.0 Å². The van der Waals surface area contributed by atoms with Gasteiger partial charge in [-0.1, -0.05) is 18.5 Å². The number of nitrogens with one attached hydrogen (secondary N) is 2. The molecule has 1 aliphatic rings. The summed E-state index contributed by atoms with van der Waals surface area (Å²) in [7, 11) is -3.79. The van der Waals surface area contributed by atoms with Crippen LogP contribution >= 0.6 is 0 Å². The first-order valence-electron chi connectivity index (χ1n) is 11.4. The number of rotatable bonds is 11. The molecule has 3 aromatic rings. The zero-order valence-electron chi connectivity index (χ0n) is 19.1. The van der Waals surface area contributed by atoms with Gasteiger partial charge >= 0.3 is 0 Å². The molecule has 9 nitrogen and oxygen atoms in total. The Kier molecular flexibility index (Phi) is 6.99. The molecule has 1 aromatic heterocycles. The fourth-order valence-electron chi connectivity index (χ4n) is 3.39. The molecule has 2 aromatic carbocycles. The van der Waals surface area contributed by atoms with Crippen molar-refractivity contribution in [3.63, 3.8) is 0 Å². The monoisotopic (exact) mass is 483 g/mol. The van der Waals surface area contributed by atoms with Crippen LogP contribution in [-0.2, 0) is 21.2 Å². The van der Waals surface area contributed by atoms with Gasteiger partial charge in [0.2, 0.25) is 17.6 Å². The molecule has 4 rings (SSSR count). The molecule has 1 aliphatic carbocycles. The number of hydrogen-bond acceptors (Lipinski definition) is 7. The standard InChI is InChI=1S/C24H29N5O4S/c1-24(14-15-24)23(30)26-18-8-10-19(11-9-18)29-34(31,32)20-12-6-17(7-13-20)22-27-21(33-28-22)5-3-2-4-16-25/h6-13,29H,2-5,14-16,25H2,1H3,(H,26,30). The number of unbranched alkanes of at least 4 members (excludes halogenated alkanes) is 2. The fourth-order valence-corrected chi connectivity index (χ4v) is 4.45. The van der Waals surface area contributed by atoms with Crippen LogP contribution in [0.25, 0.3) is 11.4 Å². The molecule has 1 saturated carbocycles. The van der Waals surface area contributed by atoms with Gasteiger partial charge in [-0.05, 0) is 80.8 Å². The number of aryl methyl sites for hydroxylation is 1. The number of hydrogen-bond donors (Lipinski definition) is 3. The second-order valence-electron chi connectivity index (χ2n) is 8.83. The van der Waals surface area contributed by atoms with Crippen LogP contribution in [0.5, 0.6) is 0 Å². The quantitative estimate of drug-likeness (QED) is 0.351. The number of nitrogens with two attached hydrogens (primary N) is 1. The van der Waals surface area contributed by atoms with E-state index in [1.54, 1.807) is 36.4 Å². The number of benzene rings is 2. The minimum atomic E-state index is -3.79. The molecule has 34 heavy (non-hydrogen) atoms. The van der Waals surface area contributed by atoms with E-state index in [9.17, 15) is 13.2 Å². The zero-order valence-corrected chi connectivity index (χ0v) is 19.9. The van der Waals surface area contributed by atoms with E-state index < -0.39 is 10.0 Å². The van der Waals surface area contributed by atoms with Gasteiger partial charge in [-0.25, -0.2) is 8.42 Å². The van der Waals surface area contributed by atoms with E-state index >= 15 is 0 Å². The predicted octanol–water partition coefficient (Wildman–Crippen LogP) is 3.95. The van der Waals surface area contributed by atoms with Crippen molar-refractivity contribution in [2.24, 2.45) is 11.1 Å². The number of amides is 1. The molecule has 0 atom stereocenters. The normalized spacial score (nSPS) is 14.5.